The third kappa shape index (κ3) is 3.60. The Morgan fingerprint density at radius 2 is 1.97 bits per heavy atom. The molecule has 0 saturated heterocycles. The highest BCUT2D eigenvalue weighted by molar-refractivity contribution is 7.14. The molecule has 0 radical (unpaired) electrons. The number of benzene rings is 1. The van der Waals surface area contributed by atoms with Crippen LogP contribution in [0.15, 0.2) is 58.7 Å². The summed E-state index contributed by atoms with van der Waals surface area (Å²) in [5.41, 5.74) is 2.39. The number of nitrogens with zero attached hydrogens (tertiary/aromatic N) is 3. The lowest BCUT2D eigenvalue weighted by Gasteiger charge is -2.10. The second-order valence-corrected chi connectivity index (χ2v) is 8.32. The highest BCUT2D eigenvalue weighted by atomic mass is 32.1. The molecular weight excluding hydrogens is 428 g/mol. The number of ether oxygens (including phenoxy) is 2. The first kappa shape index (κ1) is 20.2. The molecule has 1 aliphatic rings. The van der Waals surface area contributed by atoms with E-state index in [2.05, 4.69) is 20.4 Å². The van der Waals surface area contributed by atoms with Gasteiger partial charge in [-0.05, 0) is 43.2 Å². The Kier molecular flexibility index (Phi) is 5.10. The average Bonchev–Trinajstić information content (AvgIpc) is 3.27. The van der Waals surface area contributed by atoms with Crippen LogP contribution in [0.4, 0.5) is 5.13 Å². The molecule has 32 heavy (non-hydrogen) atoms. The zero-order valence-electron chi connectivity index (χ0n) is 17.5. The summed E-state index contributed by atoms with van der Waals surface area (Å²) < 4.78 is 16.2. The zero-order chi connectivity index (χ0) is 22.1. The van der Waals surface area contributed by atoms with Gasteiger partial charge >= 0.3 is 0 Å². The molecule has 1 amide bonds. The maximum absolute atomic E-state index is 13.1. The van der Waals surface area contributed by atoms with Crippen LogP contribution in [0.2, 0.25) is 0 Å². The van der Waals surface area contributed by atoms with Gasteiger partial charge in [0.2, 0.25) is 5.91 Å². The van der Waals surface area contributed by atoms with E-state index in [1.807, 2.05) is 35.7 Å². The van der Waals surface area contributed by atoms with Crippen LogP contribution in [-0.2, 0) is 10.2 Å². The van der Waals surface area contributed by atoms with Gasteiger partial charge in [-0.25, -0.2) is 4.98 Å². The van der Waals surface area contributed by atoms with E-state index in [9.17, 15) is 4.79 Å². The maximum atomic E-state index is 13.1. The van der Waals surface area contributed by atoms with Gasteiger partial charge in [0.1, 0.15) is 0 Å². The summed E-state index contributed by atoms with van der Waals surface area (Å²) >= 11 is 1.38. The number of carbonyl (C=O) groups excluding carboxylic acids is 1. The number of hydrogen-bond acceptors (Lipinski definition) is 8. The minimum absolute atomic E-state index is 0.128. The fourth-order valence-electron chi connectivity index (χ4n) is 3.55. The quantitative estimate of drug-likeness (QED) is 0.443. The lowest BCUT2D eigenvalue weighted by atomic mass is 10.0. The number of methoxy groups -OCH3 is 2. The lowest BCUT2D eigenvalue weighted by molar-refractivity contribution is -0.118. The number of rotatable bonds is 7. The summed E-state index contributed by atoms with van der Waals surface area (Å²) in [5, 5.41) is 9.60. The minimum Gasteiger partial charge on any atom is -0.493 e. The minimum atomic E-state index is -0.696. The summed E-state index contributed by atoms with van der Waals surface area (Å²) in [7, 11) is 3.16. The Labute approximate surface area is 188 Å². The summed E-state index contributed by atoms with van der Waals surface area (Å²) in [5.74, 6) is 1.66. The summed E-state index contributed by atoms with van der Waals surface area (Å²) in [6.07, 6.45) is 4.87. The molecule has 1 N–H and O–H groups in total. The fourth-order valence-corrected chi connectivity index (χ4v) is 4.26. The SMILES string of the molecule is COc1ccc(-c2cc(C3(C(=O)Nc4nc(-c5cccnc5)cs4)CC3)no2)cc1OC. The van der Waals surface area contributed by atoms with E-state index in [4.69, 9.17) is 14.0 Å². The van der Waals surface area contributed by atoms with Crippen LogP contribution in [0.25, 0.3) is 22.6 Å². The van der Waals surface area contributed by atoms with Crippen molar-refractivity contribution in [3.8, 4) is 34.1 Å². The normalized spacial score (nSPS) is 14.1. The maximum Gasteiger partial charge on any atom is 0.238 e. The van der Waals surface area contributed by atoms with Gasteiger partial charge in [-0.1, -0.05) is 5.16 Å². The van der Waals surface area contributed by atoms with Gasteiger partial charge in [-0.15, -0.1) is 11.3 Å². The van der Waals surface area contributed by atoms with E-state index in [1.165, 1.54) is 11.3 Å². The molecule has 0 unspecified atom stereocenters. The van der Waals surface area contributed by atoms with E-state index in [1.54, 1.807) is 32.7 Å². The van der Waals surface area contributed by atoms with Crippen LogP contribution < -0.4 is 14.8 Å². The summed E-state index contributed by atoms with van der Waals surface area (Å²) in [6.45, 7) is 0. The standard InChI is InChI=1S/C23H20N4O4S/c1-29-17-6-5-14(10-19(17)30-2)18-11-20(27-31-18)23(7-8-23)21(28)26-22-25-16(13-32-22)15-4-3-9-24-12-15/h3-6,9-13H,7-8H2,1-2H3,(H,25,26,28). The van der Waals surface area contributed by atoms with Gasteiger partial charge < -0.3 is 19.3 Å². The molecule has 9 heteroatoms. The Morgan fingerprint density at radius 1 is 1.12 bits per heavy atom. The molecule has 1 aromatic carbocycles. The van der Waals surface area contributed by atoms with Gasteiger partial charge in [0.25, 0.3) is 0 Å². The van der Waals surface area contributed by atoms with Gasteiger partial charge in [0.05, 0.1) is 31.0 Å². The van der Waals surface area contributed by atoms with Crippen LogP contribution in [0.5, 0.6) is 11.5 Å². The Balaban J connectivity index is 1.34. The number of nitrogens with one attached hydrogen (secondary N) is 1. The fraction of sp³-hybridized carbons (Fsp3) is 0.217. The predicted molar refractivity (Wildman–Crippen MR) is 120 cm³/mol. The number of aromatic nitrogens is 3. The highest BCUT2D eigenvalue weighted by Gasteiger charge is 2.54. The molecule has 0 aliphatic heterocycles. The number of amides is 1. The third-order valence-corrected chi connectivity index (χ3v) is 6.29. The van der Waals surface area contributed by atoms with Gasteiger partial charge in [-0.2, -0.15) is 0 Å². The second-order valence-electron chi connectivity index (χ2n) is 7.46. The number of anilines is 1. The first-order chi connectivity index (χ1) is 15.6. The van der Waals surface area contributed by atoms with Crippen LogP contribution in [0, 0.1) is 0 Å². The largest absolute Gasteiger partial charge is 0.493 e. The molecule has 1 aliphatic carbocycles. The van der Waals surface area contributed by atoms with Crippen LogP contribution in [0.1, 0.15) is 18.5 Å². The van der Waals surface area contributed by atoms with E-state index in [0.717, 1.165) is 16.8 Å². The summed E-state index contributed by atoms with van der Waals surface area (Å²) in [4.78, 5) is 21.7. The van der Waals surface area contributed by atoms with Crippen molar-refractivity contribution in [3.63, 3.8) is 0 Å². The van der Waals surface area contributed by atoms with Crippen molar-refractivity contribution in [2.45, 2.75) is 18.3 Å². The van der Waals surface area contributed by atoms with Crippen molar-refractivity contribution in [2.24, 2.45) is 0 Å². The van der Waals surface area contributed by atoms with Gasteiger partial charge in [-0.3, -0.25) is 9.78 Å². The molecule has 1 saturated carbocycles. The highest BCUT2D eigenvalue weighted by Crippen LogP contribution is 2.49. The first-order valence-electron chi connectivity index (χ1n) is 10.00. The molecule has 4 aromatic rings. The molecule has 8 nitrogen and oxygen atoms in total. The smallest absolute Gasteiger partial charge is 0.238 e. The Hall–Kier alpha value is -3.72. The molecular formula is C23H20N4O4S. The second kappa shape index (κ2) is 8.08. The number of hydrogen-bond donors (Lipinski definition) is 1. The topological polar surface area (TPSA) is 99.4 Å². The molecule has 3 aromatic heterocycles. The molecule has 1 fully saturated rings. The van der Waals surface area contributed by atoms with Gasteiger partial charge in [0.15, 0.2) is 22.4 Å². The van der Waals surface area contributed by atoms with Crippen LogP contribution >= 0.6 is 11.3 Å². The first-order valence-corrected chi connectivity index (χ1v) is 10.9. The molecule has 0 atom stereocenters. The van der Waals surface area contributed by atoms with Crippen molar-refractivity contribution in [2.75, 3.05) is 19.5 Å². The van der Waals surface area contributed by atoms with Crippen molar-refractivity contribution < 1.29 is 18.8 Å². The van der Waals surface area contributed by atoms with Crippen molar-refractivity contribution in [1.82, 2.24) is 15.1 Å². The van der Waals surface area contributed by atoms with E-state index in [0.29, 0.717) is 40.9 Å². The Morgan fingerprint density at radius 3 is 2.69 bits per heavy atom. The zero-order valence-corrected chi connectivity index (χ0v) is 18.3. The number of carbonyl (C=O) groups is 1. The van der Waals surface area contributed by atoms with Crippen molar-refractivity contribution >= 4 is 22.4 Å². The molecule has 5 rings (SSSR count). The molecule has 3 heterocycles. The lowest BCUT2D eigenvalue weighted by Crippen LogP contribution is -2.28. The number of pyridine rings is 1. The van der Waals surface area contributed by atoms with Gasteiger partial charge in [0, 0.05) is 35.0 Å². The van der Waals surface area contributed by atoms with E-state index >= 15 is 0 Å². The predicted octanol–water partition coefficient (Wildman–Crippen LogP) is 4.55. The molecule has 0 spiro atoms. The van der Waals surface area contributed by atoms with E-state index in [-0.39, 0.29) is 5.91 Å². The molecule has 0 bridgehead atoms. The van der Waals surface area contributed by atoms with Crippen LogP contribution in [-0.4, -0.2) is 35.3 Å². The average molecular weight is 449 g/mol. The Bertz CT molecular complexity index is 1260. The summed E-state index contributed by atoms with van der Waals surface area (Å²) in [6, 6.07) is 11.1. The monoisotopic (exact) mass is 448 g/mol. The third-order valence-electron chi connectivity index (χ3n) is 5.54. The van der Waals surface area contributed by atoms with Crippen molar-refractivity contribution in [3.05, 3.63) is 59.9 Å². The van der Waals surface area contributed by atoms with E-state index < -0.39 is 5.41 Å². The van der Waals surface area contributed by atoms with Crippen LogP contribution in [0.3, 0.4) is 0 Å². The van der Waals surface area contributed by atoms with Crippen molar-refractivity contribution in [1.29, 1.82) is 0 Å². The number of thiazole rings is 1. The molecule has 162 valence electrons.